The Hall–Kier alpha value is -2.41. The number of hydrogen-bond acceptors (Lipinski definition) is 5. The maximum Gasteiger partial charge on any atom is 0.350 e. The number of hydrogen-bond donors (Lipinski definition) is 1. The molecular formula is C12H13N3O4. The lowest BCUT2D eigenvalue weighted by Gasteiger charge is -2.03. The van der Waals surface area contributed by atoms with Crippen LogP contribution in [0.5, 0.6) is 11.6 Å². The topological polar surface area (TPSA) is 90.4 Å². The number of aryl methyl sites for hydroxylation is 1. The van der Waals surface area contributed by atoms with Crippen molar-refractivity contribution in [1.29, 1.82) is 0 Å². The maximum atomic E-state index is 10.8. The lowest BCUT2D eigenvalue weighted by atomic mass is 10.1. The number of nitrogens with zero attached hydrogens (tertiary/aromatic N) is 3. The third-order valence-electron chi connectivity index (χ3n) is 2.51. The number of aliphatic hydroxyl groups is 1. The van der Waals surface area contributed by atoms with E-state index >= 15 is 0 Å². The van der Waals surface area contributed by atoms with E-state index in [1.165, 1.54) is 10.9 Å². The van der Waals surface area contributed by atoms with Crippen molar-refractivity contribution in [3.8, 4) is 11.6 Å². The van der Waals surface area contributed by atoms with Crippen molar-refractivity contribution >= 4 is 5.69 Å². The van der Waals surface area contributed by atoms with Crippen LogP contribution in [-0.2, 0) is 13.5 Å². The molecule has 1 N–H and O–H groups in total. The first kappa shape index (κ1) is 13.0. The minimum atomic E-state index is -0.539. The Bertz CT molecular complexity index is 577. The van der Waals surface area contributed by atoms with Crippen molar-refractivity contribution in [2.45, 2.75) is 6.42 Å². The second kappa shape index (κ2) is 5.49. The number of ether oxygens (including phenoxy) is 1. The van der Waals surface area contributed by atoms with Gasteiger partial charge in [-0.05, 0) is 24.1 Å². The molecule has 0 aliphatic rings. The molecule has 2 rings (SSSR count). The van der Waals surface area contributed by atoms with Gasteiger partial charge in [-0.3, -0.25) is 14.8 Å². The third-order valence-corrected chi connectivity index (χ3v) is 2.51. The van der Waals surface area contributed by atoms with Gasteiger partial charge in [0.2, 0.25) is 0 Å². The average molecular weight is 263 g/mol. The zero-order valence-corrected chi connectivity index (χ0v) is 10.3. The van der Waals surface area contributed by atoms with Crippen LogP contribution >= 0.6 is 0 Å². The highest BCUT2D eigenvalue weighted by Gasteiger charge is 2.20. The van der Waals surface area contributed by atoms with Gasteiger partial charge in [-0.1, -0.05) is 12.1 Å². The first-order valence-corrected chi connectivity index (χ1v) is 5.66. The van der Waals surface area contributed by atoms with Crippen LogP contribution in [0.1, 0.15) is 5.56 Å². The molecule has 0 amide bonds. The van der Waals surface area contributed by atoms with E-state index in [9.17, 15) is 10.1 Å². The minimum Gasteiger partial charge on any atom is -0.433 e. The summed E-state index contributed by atoms with van der Waals surface area (Å²) in [6, 6.07) is 6.95. The molecule has 19 heavy (non-hydrogen) atoms. The fourth-order valence-electron chi connectivity index (χ4n) is 1.62. The average Bonchev–Trinajstić information content (AvgIpc) is 2.73. The Labute approximate surface area is 109 Å². The summed E-state index contributed by atoms with van der Waals surface area (Å²) >= 11 is 0. The minimum absolute atomic E-state index is 0.0394. The van der Waals surface area contributed by atoms with E-state index in [2.05, 4.69) is 5.10 Å². The highest BCUT2D eigenvalue weighted by Crippen LogP contribution is 2.29. The summed E-state index contributed by atoms with van der Waals surface area (Å²) in [5.74, 6) is 0.422. The van der Waals surface area contributed by atoms with Crippen molar-refractivity contribution < 1.29 is 14.8 Å². The number of rotatable bonds is 5. The fraction of sp³-hybridized carbons (Fsp3) is 0.250. The van der Waals surface area contributed by atoms with Gasteiger partial charge in [0, 0.05) is 13.7 Å². The smallest absolute Gasteiger partial charge is 0.350 e. The molecule has 0 spiro atoms. The lowest BCUT2D eigenvalue weighted by Crippen LogP contribution is -1.93. The number of aromatic nitrogens is 2. The summed E-state index contributed by atoms with van der Waals surface area (Å²) in [6.07, 6.45) is 1.85. The molecule has 1 aromatic carbocycles. The number of nitro groups is 1. The second-order valence-electron chi connectivity index (χ2n) is 3.97. The molecule has 2 aromatic rings. The maximum absolute atomic E-state index is 10.8. The van der Waals surface area contributed by atoms with Crippen molar-refractivity contribution in [1.82, 2.24) is 9.78 Å². The predicted octanol–water partition coefficient (Wildman–Crippen LogP) is 1.66. The summed E-state index contributed by atoms with van der Waals surface area (Å²) in [4.78, 5) is 10.3. The van der Waals surface area contributed by atoms with Gasteiger partial charge in [-0.2, -0.15) is 0 Å². The molecule has 0 atom stereocenters. The van der Waals surface area contributed by atoms with Crippen LogP contribution in [0.15, 0.2) is 30.5 Å². The van der Waals surface area contributed by atoms with Crippen LogP contribution in [-0.4, -0.2) is 26.4 Å². The molecule has 0 bridgehead atoms. The molecule has 1 heterocycles. The van der Waals surface area contributed by atoms with Gasteiger partial charge in [-0.25, -0.2) is 0 Å². The SMILES string of the molecule is Cn1cc([N+](=O)[O-])c(Oc2ccc(CCO)cc2)n1. The summed E-state index contributed by atoms with van der Waals surface area (Å²) in [6.45, 7) is 0.0753. The third kappa shape index (κ3) is 3.08. The first-order chi connectivity index (χ1) is 9.10. The van der Waals surface area contributed by atoms with E-state index < -0.39 is 4.92 Å². The van der Waals surface area contributed by atoms with Crippen LogP contribution in [0.4, 0.5) is 5.69 Å². The zero-order chi connectivity index (χ0) is 13.8. The lowest BCUT2D eigenvalue weighted by molar-refractivity contribution is -0.385. The van der Waals surface area contributed by atoms with Gasteiger partial charge in [-0.15, -0.1) is 5.10 Å². The van der Waals surface area contributed by atoms with E-state index in [-0.39, 0.29) is 18.2 Å². The molecule has 0 unspecified atom stereocenters. The Morgan fingerprint density at radius 1 is 1.42 bits per heavy atom. The van der Waals surface area contributed by atoms with Crippen molar-refractivity contribution in [3.63, 3.8) is 0 Å². The van der Waals surface area contributed by atoms with Gasteiger partial charge in [0.15, 0.2) is 0 Å². The van der Waals surface area contributed by atoms with Crippen LogP contribution in [0.25, 0.3) is 0 Å². The first-order valence-electron chi connectivity index (χ1n) is 5.66. The summed E-state index contributed by atoms with van der Waals surface area (Å²) in [5, 5.41) is 23.5. The van der Waals surface area contributed by atoms with E-state index in [0.717, 1.165) is 5.56 Å². The normalized spacial score (nSPS) is 10.4. The summed E-state index contributed by atoms with van der Waals surface area (Å²) in [5.41, 5.74) is 0.785. The van der Waals surface area contributed by atoms with Gasteiger partial charge < -0.3 is 9.84 Å². The molecule has 1 aromatic heterocycles. The zero-order valence-electron chi connectivity index (χ0n) is 10.3. The van der Waals surface area contributed by atoms with E-state index in [4.69, 9.17) is 9.84 Å². The number of aliphatic hydroxyl groups excluding tert-OH is 1. The van der Waals surface area contributed by atoms with Gasteiger partial charge in [0.25, 0.3) is 0 Å². The Kier molecular flexibility index (Phi) is 3.76. The quantitative estimate of drug-likeness (QED) is 0.654. The van der Waals surface area contributed by atoms with Crippen molar-refractivity contribution in [2.24, 2.45) is 7.05 Å². The number of benzene rings is 1. The van der Waals surface area contributed by atoms with Crippen LogP contribution in [0, 0.1) is 10.1 Å². The van der Waals surface area contributed by atoms with Crippen LogP contribution < -0.4 is 4.74 Å². The molecule has 0 fully saturated rings. The van der Waals surface area contributed by atoms with E-state index in [1.54, 1.807) is 31.3 Å². The highest BCUT2D eigenvalue weighted by atomic mass is 16.6. The Balaban J connectivity index is 2.18. The van der Waals surface area contributed by atoms with Gasteiger partial charge >= 0.3 is 11.6 Å². The van der Waals surface area contributed by atoms with Crippen LogP contribution in [0.3, 0.4) is 0 Å². The predicted molar refractivity (Wildman–Crippen MR) is 67.2 cm³/mol. The van der Waals surface area contributed by atoms with Crippen LogP contribution in [0.2, 0.25) is 0 Å². The molecule has 7 nitrogen and oxygen atoms in total. The molecular weight excluding hydrogens is 250 g/mol. The standard InChI is InChI=1S/C12H13N3O4/c1-14-8-11(15(17)18)12(13-14)19-10-4-2-9(3-5-10)6-7-16/h2-5,8,16H,6-7H2,1H3. The molecule has 7 heteroatoms. The summed E-state index contributed by atoms with van der Waals surface area (Å²) in [7, 11) is 1.59. The molecule has 0 radical (unpaired) electrons. The second-order valence-corrected chi connectivity index (χ2v) is 3.97. The largest absolute Gasteiger partial charge is 0.433 e. The molecule has 0 aliphatic heterocycles. The monoisotopic (exact) mass is 263 g/mol. The summed E-state index contributed by atoms with van der Waals surface area (Å²) < 4.78 is 6.72. The van der Waals surface area contributed by atoms with Crippen molar-refractivity contribution in [2.75, 3.05) is 6.61 Å². The van der Waals surface area contributed by atoms with Gasteiger partial charge in [0.1, 0.15) is 11.9 Å². The molecule has 0 saturated carbocycles. The molecule has 0 aliphatic carbocycles. The fourth-order valence-corrected chi connectivity index (χ4v) is 1.62. The molecule has 100 valence electrons. The van der Waals surface area contributed by atoms with Gasteiger partial charge in [0.05, 0.1) is 4.92 Å². The van der Waals surface area contributed by atoms with Crippen molar-refractivity contribution in [3.05, 3.63) is 46.1 Å². The Morgan fingerprint density at radius 3 is 2.68 bits per heavy atom. The van der Waals surface area contributed by atoms with E-state index in [0.29, 0.717) is 12.2 Å². The van der Waals surface area contributed by atoms with E-state index in [1.807, 2.05) is 0 Å². The Morgan fingerprint density at radius 2 is 2.11 bits per heavy atom. The molecule has 0 saturated heterocycles. The highest BCUT2D eigenvalue weighted by molar-refractivity contribution is 5.42.